The number of ether oxygens (including phenoxy) is 1. The van der Waals surface area contributed by atoms with E-state index in [0.717, 1.165) is 34.3 Å². The Kier molecular flexibility index (Phi) is 7.75. The fourth-order valence-corrected chi connectivity index (χ4v) is 5.74. The number of aryl methyl sites for hydroxylation is 1. The summed E-state index contributed by atoms with van der Waals surface area (Å²) in [5.74, 6) is -1.76. The van der Waals surface area contributed by atoms with Crippen LogP contribution in [0.2, 0.25) is 0 Å². The third kappa shape index (κ3) is 6.47. The van der Waals surface area contributed by atoms with Crippen LogP contribution < -0.4 is 4.72 Å². The number of imidazole rings is 1. The maximum absolute atomic E-state index is 14.9. The summed E-state index contributed by atoms with van der Waals surface area (Å²) >= 11 is 0. The van der Waals surface area contributed by atoms with E-state index in [1.807, 2.05) is 61.8 Å². The molecule has 11 heteroatoms. The number of rotatable bonds is 10. The molecule has 6 aromatic rings. The molecule has 0 aliphatic heterocycles. The molecule has 0 radical (unpaired) electrons. The molecule has 2 heterocycles. The fraction of sp³-hybridized carbons (Fsp3) is 0.125. The molecule has 0 amide bonds. The van der Waals surface area contributed by atoms with E-state index in [2.05, 4.69) is 14.8 Å². The predicted octanol–water partition coefficient (Wildman–Crippen LogP) is 6.33. The van der Waals surface area contributed by atoms with Gasteiger partial charge in [-0.05, 0) is 59.2 Å². The van der Waals surface area contributed by atoms with Gasteiger partial charge in [0.15, 0.2) is 0 Å². The van der Waals surface area contributed by atoms with Crippen LogP contribution in [0, 0.1) is 11.6 Å². The zero-order valence-electron chi connectivity index (χ0n) is 23.1. The summed E-state index contributed by atoms with van der Waals surface area (Å²) in [4.78, 5) is 4.56. The van der Waals surface area contributed by atoms with Crippen molar-refractivity contribution in [2.75, 3.05) is 17.1 Å². The number of sulfonamides is 1. The number of nitrogens with zero attached hydrogens (tertiary/aromatic N) is 4. The lowest BCUT2D eigenvalue weighted by Crippen LogP contribution is -2.20. The second kappa shape index (κ2) is 11.8. The molecule has 0 unspecified atom stereocenters. The molecule has 8 nitrogen and oxygen atoms in total. The first-order valence-electron chi connectivity index (χ1n) is 13.4. The summed E-state index contributed by atoms with van der Waals surface area (Å²) in [6.07, 6.45) is 5.29. The zero-order valence-corrected chi connectivity index (χ0v) is 23.9. The van der Waals surface area contributed by atoms with Crippen molar-refractivity contribution in [3.8, 4) is 27.9 Å². The van der Waals surface area contributed by atoms with E-state index < -0.39 is 21.7 Å². The molecular weight excluding hydrogens is 572 g/mol. The number of aromatic nitrogens is 4. The van der Waals surface area contributed by atoms with Gasteiger partial charge in [-0.2, -0.15) is 5.10 Å². The van der Waals surface area contributed by atoms with Crippen LogP contribution in [0.1, 0.15) is 5.56 Å². The van der Waals surface area contributed by atoms with Gasteiger partial charge >= 0.3 is 0 Å². The van der Waals surface area contributed by atoms with E-state index in [0.29, 0.717) is 16.8 Å². The quantitative estimate of drug-likeness (QED) is 0.186. The standard InChI is InChI=1S/C32H27F2N5O3S/c1-38-19-25(18-36-38)23-7-10-32-31(15-23)35-21-39(32)28-14-24(29-9-8-26(33)16-30(29)34)13-27(17-28)37-43(40,41)12-11-42-20-22-5-3-2-4-6-22/h2-10,13-19,21,37H,11-12,20H2,1H3. The van der Waals surface area contributed by atoms with E-state index in [4.69, 9.17) is 4.74 Å². The molecule has 1 N–H and O–H groups in total. The van der Waals surface area contributed by atoms with Crippen molar-refractivity contribution in [3.63, 3.8) is 0 Å². The molecule has 0 spiro atoms. The van der Waals surface area contributed by atoms with Crippen LogP contribution in [-0.2, 0) is 28.4 Å². The van der Waals surface area contributed by atoms with Crippen molar-refractivity contribution in [2.45, 2.75) is 6.61 Å². The second-order valence-corrected chi connectivity index (χ2v) is 11.9. The van der Waals surface area contributed by atoms with Crippen molar-refractivity contribution >= 4 is 26.7 Å². The van der Waals surface area contributed by atoms with Gasteiger partial charge in [0.2, 0.25) is 10.0 Å². The monoisotopic (exact) mass is 599 g/mol. The van der Waals surface area contributed by atoms with Crippen LogP contribution in [0.15, 0.2) is 104 Å². The van der Waals surface area contributed by atoms with Crippen molar-refractivity contribution < 1.29 is 21.9 Å². The van der Waals surface area contributed by atoms with Gasteiger partial charge in [0.1, 0.15) is 18.0 Å². The van der Waals surface area contributed by atoms with E-state index in [1.54, 1.807) is 33.9 Å². The predicted molar refractivity (Wildman–Crippen MR) is 162 cm³/mol. The second-order valence-electron chi connectivity index (χ2n) is 10.1. The third-order valence-corrected chi connectivity index (χ3v) is 8.16. The van der Waals surface area contributed by atoms with E-state index in [1.165, 1.54) is 12.1 Å². The molecule has 0 aliphatic rings. The van der Waals surface area contributed by atoms with Crippen molar-refractivity contribution in [3.05, 3.63) is 121 Å². The molecule has 6 rings (SSSR count). The molecule has 43 heavy (non-hydrogen) atoms. The molecular formula is C32H27F2N5O3S. The van der Waals surface area contributed by atoms with Gasteiger partial charge in [-0.25, -0.2) is 22.2 Å². The summed E-state index contributed by atoms with van der Waals surface area (Å²) in [5, 5.41) is 4.23. The van der Waals surface area contributed by atoms with Crippen molar-refractivity contribution in [1.82, 2.24) is 19.3 Å². The highest BCUT2D eigenvalue weighted by Gasteiger charge is 2.16. The number of nitrogens with one attached hydrogen (secondary N) is 1. The average Bonchev–Trinajstić information content (AvgIpc) is 3.61. The van der Waals surface area contributed by atoms with Gasteiger partial charge in [-0.15, -0.1) is 0 Å². The number of hydrogen-bond acceptors (Lipinski definition) is 5. The molecule has 218 valence electrons. The van der Waals surface area contributed by atoms with Crippen molar-refractivity contribution in [1.29, 1.82) is 0 Å². The lowest BCUT2D eigenvalue weighted by Gasteiger charge is -2.14. The Bertz CT molecular complexity index is 2020. The van der Waals surface area contributed by atoms with Crippen LogP contribution in [-0.4, -0.2) is 40.1 Å². The Morgan fingerprint density at radius 2 is 1.74 bits per heavy atom. The van der Waals surface area contributed by atoms with Crippen LogP contribution in [0.5, 0.6) is 0 Å². The Morgan fingerprint density at radius 3 is 2.51 bits per heavy atom. The normalized spacial score (nSPS) is 11.7. The molecule has 0 aliphatic carbocycles. The Balaban J connectivity index is 1.32. The lowest BCUT2D eigenvalue weighted by atomic mass is 10.0. The van der Waals surface area contributed by atoms with Crippen LogP contribution in [0.4, 0.5) is 14.5 Å². The highest BCUT2D eigenvalue weighted by atomic mass is 32.2. The maximum Gasteiger partial charge on any atom is 0.235 e. The van der Waals surface area contributed by atoms with Crippen LogP contribution >= 0.6 is 0 Å². The van der Waals surface area contributed by atoms with Gasteiger partial charge in [0.25, 0.3) is 0 Å². The first kappa shape index (κ1) is 28.3. The lowest BCUT2D eigenvalue weighted by molar-refractivity contribution is 0.135. The summed E-state index contributed by atoms with van der Waals surface area (Å²) in [6.45, 7) is 0.269. The topological polar surface area (TPSA) is 91.0 Å². The zero-order chi connectivity index (χ0) is 30.0. The first-order valence-corrected chi connectivity index (χ1v) is 15.1. The molecule has 4 aromatic carbocycles. The molecule has 0 atom stereocenters. The molecule has 0 bridgehead atoms. The number of fused-ring (bicyclic) bond motifs is 1. The average molecular weight is 600 g/mol. The first-order chi connectivity index (χ1) is 20.7. The van der Waals surface area contributed by atoms with E-state index in [9.17, 15) is 17.2 Å². The van der Waals surface area contributed by atoms with Gasteiger partial charge in [-0.1, -0.05) is 36.4 Å². The number of anilines is 1. The summed E-state index contributed by atoms with van der Waals surface area (Å²) in [7, 11) is -1.98. The Morgan fingerprint density at radius 1 is 0.907 bits per heavy atom. The van der Waals surface area contributed by atoms with Gasteiger partial charge in [-0.3, -0.25) is 14.0 Å². The minimum atomic E-state index is -3.83. The smallest absolute Gasteiger partial charge is 0.235 e. The number of benzene rings is 4. The number of halogens is 2. The van der Waals surface area contributed by atoms with Gasteiger partial charge < -0.3 is 4.74 Å². The largest absolute Gasteiger partial charge is 0.376 e. The third-order valence-electron chi connectivity index (χ3n) is 6.90. The summed E-state index contributed by atoms with van der Waals surface area (Å²) in [5.41, 5.74) is 5.52. The van der Waals surface area contributed by atoms with E-state index >= 15 is 0 Å². The van der Waals surface area contributed by atoms with E-state index in [-0.39, 0.29) is 30.2 Å². The van der Waals surface area contributed by atoms with Gasteiger partial charge in [0, 0.05) is 36.1 Å². The highest BCUT2D eigenvalue weighted by molar-refractivity contribution is 7.92. The Hall–Kier alpha value is -4.87. The summed E-state index contributed by atoms with van der Waals surface area (Å²) in [6, 6.07) is 23.4. The van der Waals surface area contributed by atoms with Crippen molar-refractivity contribution in [2.24, 2.45) is 7.05 Å². The minimum Gasteiger partial charge on any atom is -0.376 e. The molecule has 0 saturated heterocycles. The fourth-order valence-electron chi connectivity index (χ4n) is 4.82. The van der Waals surface area contributed by atoms with Gasteiger partial charge in [0.05, 0.1) is 41.9 Å². The number of hydrogen-bond donors (Lipinski definition) is 1. The summed E-state index contributed by atoms with van der Waals surface area (Å²) < 4.78 is 66.2. The van der Waals surface area contributed by atoms with Crippen LogP contribution in [0.3, 0.4) is 0 Å². The minimum absolute atomic E-state index is 0.0191. The maximum atomic E-state index is 14.9. The van der Waals surface area contributed by atoms with Crippen LogP contribution in [0.25, 0.3) is 39.0 Å². The highest BCUT2D eigenvalue weighted by Crippen LogP contribution is 2.32. The molecule has 2 aromatic heterocycles. The molecule has 0 fully saturated rings. The SMILES string of the molecule is Cn1cc(-c2ccc3c(c2)ncn3-c2cc(NS(=O)(=O)CCOCc3ccccc3)cc(-c3ccc(F)cc3F)c2)cn1. The Labute approximate surface area is 247 Å². The molecule has 0 saturated carbocycles.